The summed E-state index contributed by atoms with van der Waals surface area (Å²) in [6.45, 7) is 3.62. The van der Waals surface area contributed by atoms with Crippen molar-refractivity contribution < 1.29 is 13.7 Å². The molecule has 0 radical (unpaired) electrons. The zero-order chi connectivity index (χ0) is 20.8. The van der Waals surface area contributed by atoms with Crippen molar-refractivity contribution in [1.82, 2.24) is 9.62 Å². The van der Waals surface area contributed by atoms with Gasteiger partial charge in [-0.25, -0.2) is 8.51 Å². The van der Waals surface area contributed by atoms with Crippen molar-refractivity contribution in [3.63, 3.8) is 0 Å². The quantitative estimate of drug-likeness (QED) is 0.722. The maximum atomic E-state index is 13.1. The number of hydrogen-bond donors (Lipinski definition) is 1. The highest BCUT2D eigenvalue weighted by Gasteiger charge is 2.30. The predicted octanol–water partition coefficient (Wildman–Crippen LogP) is 3.75. The van der Waals surface area contributed by atoms with Crippen molar-refractivity contribution in [2.45, 2.75) is 31.1 Å². The second kappa shape index (κ2) is 10.2. The normalized spacial score (nSPS) is 18.2. The van der Waals surface area contributed by atoms with Gasteiger partial charge < -0.3 is 10.1 Å². The second-order valence-corrected chi connectivity index (χ2v) is 9.05. The highest BCUT2D eigenvalue weighted by atomic mass is 35.5. The fraction of sp³-hybridized carbons (Fsp3) is 0.409. The van der Waals surface area contributed by atoms with E-state index in [-0.39, 0.29) is 11.8 Å². The maximum Gasteiger partial charge on any atom is 0.224 e. The van der Waals surface area contributed by atoms with Gasteiger partial charge in [0.1, 0.15) is 16.7 Å². The van der Waals surface area contributed by atoms with Gasteiger partial charge in [0.05, 0.1) is 22.9 Å². The lowest BCUT2D eigenvalue weighted by Gasteiger charge is -2.31. The van der Waals surface area contributed by atoms with Crippen molar-refractivity contribution in [2.24, 2.45) is 5.92 Å². The largest absolute Gasteiger partial charge is 0.496 e. The number of aryl methyl sites for hydroxylation is 1. The molecular formula is C22H27ClN2O3S. The summed E-state index contributed by atoms with van der Waals surface area (Å²) in [5.74, 6) is 0.668. The number of amides is 1. The molecule has 3 rings (SSSR count). The first kappa shape index (κ1) is 21.8. The number of nitrogens with one attached hydrogen (secondary N) is 1. The fourth-order valence-corrected chi connectivity index (χ4v) is 5.51. The van der Waals surface area contributed by atoms with Crippen LogP contribution in [0.15, 0.2) is 47.4 Å². The first-order valence-electron chi connectivity index (χ1n) is 9.82. The Bertz CT molecular complexity index is 870. The molecular weight excluding hydrogens is 408 g/mol. The monoisotopic (exact) mass is 434 g/mol. The van der Waals surface area contributed by atoms with Crippen LogP contribution in [0.25, 0.3) is 0 Å². The van der Waals surface area contributed by atoms with Crippen LogP contribution in [-0.4, -0.2) is 41.2 Å². The molecule has 1 amide bonds. The third kappa shape index (κ3) is 5.38. The average Bonchev–Trinajstić information content (AvgIpc) is 2.74. The Kier molecular flexibility index (Phi) is 7.70. The average molecular weight is 435 g/mol. The molecule has 1 aliphatic rings. The zero-order valence-electron chi connectivity index (χ0n) is 16.8. The lowest BCUT2D eigenvalue weighted by molar-refractivity contribution is -0.126. The number of ether oxygens (including phenoxy) is 1. The fourth-order valence-electron chi connectivity index (χ4n) is 3.65. The number of hydrogen-bond acceptors (Lipinski definition) is 3. The van der Waals surface area contributed by atoms with Gasteiger partial charge in [0.15, 0.2) is 0 Å². The van der Waals surface area contributed by atoms with Crippen LogP contribution in [0, 0.1) is 12.8 Å². The number of nitrogens with zero attached hydrogens (tertiary/aromatic N) is 1. The second-order valence-electron chi connectivity index (χ2n) is 7.22. The van der Waals surface area contributed by atoms with Gasteiger partial charge in [-0.1, -0.05) is 41.9 Å². The minimum absolute atomic E-state index is 0.0116. The molecule has 0 aliphatic carbocycles. The van der Waals surface area contributed by atoms with Crippen LogP contribution in [0.3, 0.4) is 0 Å². The number of methoxy groups -OCH3 is 1. The van der Waals surface area contributed by atoms with Crippen molar-refractivity contribution in [3.05, 3.63) is 58.6 Å². The summed E-state index contributed by atoms with van der Waals surface area (Å²) in [4.78, 5) is 13.3. The number of carbonyl (C=O) groups is 1. The highest BCUT2D eigenvalue weighted by molar-refractivity contribution is 7.82. The lowest BCUT2D eigenvalue weighted by atomic mass is 9.98. The van der Waals surface area contributed by atoms with Gasteiger partial charge in [-0.15, -0.1) is 0 Å². The van der Waals surface area contributed by atoms with E-state index in [1.807, 2.05) is 47.6 Å². The molecule has 0 spiro atoms. The standard InChI is InChI=1S/C22H27ClN2O3S/c1-16-7-5-10-19(23)21(16)29(27)25-14-6-9-18(15-25)22(26)24-13-12-17-8-3-4-11-20(17)28-2/h3-5,7-8,10-11,18H,6,9,12-15H2,1-2H3,(H,24,26). The third-order valence-electron chi connectivity index (χ3n) is 5.21. The van der Waals surface area contributed by atoms with E-state index in [0.29, 0.717) is 36.0 Å². The smallest absolute Gasteiger partial charge is 0.224 e. The van der Waals surface area contributed by atoms with Crippen LogP contribution in [0.1, 0.15) is 24.0 Å². The molecule has 2 atom stereocenters. The van der Waals surface area contributed by atoms with E-state index in [4.69, 9.17) is 16.3 Å². The third-order valence-corrected chi connectivity index (χ3v) is 7.33. The van der Waals surface area contributed by atoms with E-state index < -0.39 is 11.0 Å². The van der Waals surface area contributed by atoms with Crippen molar-refractivity contribution in [1.29, 1.82) is 0 Å². The molecule has 1 heterocycles. The van der Waals surface area contributed by atoms with Crippen molar-refractivity contribution >= 4 is 28.5 Å². The Morgan fingerprint density at radius 3 is 2.83 bits per heavy atom. The Labute approximate surface area is 180 Å². The Morgan fingerprint density at radius 2 is 2.07 bits per heavy atom. The highest BCUT2D eigenvalue weighted by Crippen LogP contribution is 2.28. The van der Waals surface area contributed by atoms with Gasteiger partial charge in [0.25, 0.3) is 0 Å². The van der Waals surface area contributed by atoms with Gasteiger partial charge in [0.2, 0.25) is 5.91 Å². The summed E-state index contributed by atoms with van der Waals surface area (Å²) in [7, 11) is 0.283. The van der Waals surface area contributed by atoms with Gasteiger partial charge in [-0.3, -0.25) is 4.79 Å². The molecule has 0 saturated carbocycles. The van der Waals surface area contributed by atoms with Gasteiger partial charge in [-0.05, 0) is 49.4 Å². The number of piperidine rings is 1. The van der Waals surface area contributed by atoms with E-state index in [1.54, 1.807) is 13.2 Å². The molecule has 7 heteroatoms. The summed E-state index contributed by atoms with van der Waals surface area (Å²) < 4.78 is 20.3. The first-order chi connectivity index (χ1) is 14.0. The van der Waals surface area contributed by atoms with Gasteiger partial charge in [-0.2, -0.15) is 0 Å². The molecule has 156 valence electrons. The number of carbonyl (C=O) groups excluding carboxylic acids is 1. The van der Waals surface area contributed by atoms with Crippen LogP contribution >= 0.6 is 11.6 Å². The summed E-state index contributed by atoms with van der Waals surface area (Å²) in [5.41, 5.74) is 1.97. The van der Waals surface area contributed by atoms with Crippen LogP contribution in [0.5, 0.6) is 5.75 Å². The Balaban J connectivity index is 1.57. The molecule has 0 bridgehead atoms. The molecule has 29 heavy (non-hydrogen) atoms. The van der Waals surface area contributed by atoms with Crippen LogP contribution in [-0.2, 0) is 22.2 Å². The molecule has 2 unspecified atom stereocenters. The number of benzene rings is 2. The first-order valence-corrected chi connectivity index (χ1v) is 11.3. The molecule has 1 aliphatic heterocycles. The summed E-state index contributed by atoms with van der Waals surface area (Å²) in [5, 5.41) is 3.53. The predicted molar refractivity (Wildman–Crippen MR) is 117 cm³/mol. The maximum absolute atomic E-state index is 13.1. The molecule has 2 aromatic rings. The minimum Gasteiger partial charge on any atom is -0.496 e. The number of halogens is 1. The summed E-state index contributed by atoms with van der Waals surface area (Å²) in [6.07, 6.45) is 2.34. The van der Waals surface area contributed by atoms with E-state index >= 15 is 0 Å². The van der Waals surface area contributed by atoms with E-state index in [9.17, 15) is 9.00 Å². The zero-order valence-corrected chi connectivity index (χ0v) is 18.4. The van der Waals surface area contributed by atoms with E-state index in [0.717, 1.165) is 29.7 Å². The molecule has 2 aromatic carbocycles. The topological polar surface area (TPSA) is 58.6 Å². The number of para-hydroxylation sites is 1. The lowest BCUT2D eigenvalue weighted by Crippen LogP contribution is -2.44. The molecule has 0 aromatic heterocycles. The minimum atomic E-state index is -1.37. The van der Waals surface area contributed by atoms with Crippen molar-refractivity contribution in [3.8, 4) is 5.75 Å². The van der Waals surface area contributed by atoms with Gasteiger partial charge >= 0.3 is 0 Å². The Morgan fingerprint density at radius 1 is 1.28 bits per heavy atom. The Hall–Kier alpha value is -1.89. The SMILES string of the molecule is COc1ccccc1CCNC(=O)C1CCCN(S(=O)c2c(C)cccc2Cl)C1. The molecule has 1 fully saturated rings. The number of rotatable bonds is 7. The molecule has 1 N–H and O–H groups in total. The van der Waals surface area contributed by atoms with E-state index in [1.165, 1.54) is 0 Å². The summed E-state index contributed by atoms with van der Waals surface area (Å²) in [6, 6.07) is 13.3. The van der Waals surface area contributed by atoms with Gasteiger partial charge in [0, 0.05) is 19.6 Å². The van der Waals surface area contributed by atoms with Crippen LogP contribution in [0.4, 0.5) is 0 Å². The van der Waals surface area contributed by atoms with Crippen molar-refractivity contribution in [2.75, 3.05) is 26.7 Å². The van der Waals surface area contributed by atoms with E-state index in [2.05, 4.69) is 5.32 Å². The summed E-state index contributed by atoms with van der Waals surface area (Å²) >= 11 is 6.28. The molecule has 5 nitrogen and oxygen atoms in total. The molecule has 1 saturated heterocycles. The van der Waals surface area contributed by atoms with Crippen LogP contribution < -0.4 is 10.1 Å². The van der Waals surface area contributed by atoms with Crippen LogP contribution in [0.2, 0.25) is 5.02 Å².